The summed E-state index contributed by atoms with van der Waals surface area (Å²) in [4.78, 5) is 9.29. The maximum atomic E-state index is 5.50. The molecular weight excluding hydrogens is 300 g/mol. The molecule has 132 valence electrons. The van der Waals surface area contributed by atoms with E-state index in [-0.39, 0.29) is 0 Å². The van der Waals surface area contributed by atoms with Crippen molar-refractivity contribution in [2.24, 2.45) is 10.9 Å². The van der Waals surface area contributed by atoms with Crippen molar-refractivity contribution in [3.8, 4) is 5.75 Å². The van der Waals surface area contributed by atoms with Crippen molar-refractivity contribution in [1.29, 1.82) is 0 Å². The average Bonchev–Trinajstić information content (AvgIpc) is 3.38. The first kappa shape index (κ1) is 16.9. The van der Waals surface area contributed by atoms with E-state index in [4.69, 9.17) is 4.74 Å². The maximum absolute atomic E-state index is 5.50. The fourth-order valence-corrected chi connectivity index (χ4v) is 3.63. The molecule has 1 saturated carbocycles. The lowest BCUT2D eigenvalue weighted by Crippen LogP contribution is -2.53. The Morgan fingerprint density at radius 1 is 1.25 bits per heavy atom. The number of benzene rings is 1. The second kappa shape index (κ2) is 7.77. The van der Waals surface area contributed by atoms with E-state index >= 15 is 0 Å². The van der Waals surface area contributed by atoms with Crippen LogP contribution in [0.5, 0.6) is 5.75 Å². The molecule has 0 spiro atoms. The number of methoxy groups -OCH3 is 1. The Morgan fingerprint density at radius 2 is 2.00 bits per heavy atom. The van der Waals surface area contributed by atoms with Gasteiger partial charge in [0, 0.05) is 39.3 Å². The zero-order chi connectivity index (χ0) is 16.9. The molecule has 0 aromatic heterocycles. The van der Waals surface area contributed by atoms with E-state index < -0.39 is 0 Å². The lowest BCUT2D eigenvalue weighted by Gasteiger charge is -2.38. The monoisotopic (exact) mass is 330 g/mol. The van der Waals surface area contributed by atoms with Crippen molar-refractivity contribution < 1.29 is 4.74 Å². The van der Waals surface area contributed by atoms with Gasteiger partial charge in [-0.3, -0.25) is 4.99 Å². The van der Waals surface area contributed by atoms with E-state index in [0.717, 1.165) is 43.8 Å². The highest BCUT2D eigenvalue weighted by Gasteiger charge is 2.37. The first-order valence-corrected chi connectivity index (χ1v) is 9.13. The lowest BCUT2D eigenvalue weighted by atomic mass is 10.2. The predicted octanol–water partition coefficient (Wildman–Crippen LogP) is 2.58. The van der Waals surface area contributed by atoms with Gasteiger partial charge in [0.15, 0.2) is 5.96 Å². The number of hydrogen-bond donors (Lipinski definition) is 1. The number of piperazine rings is 1. The quantitative estimate of drug-likeness (QED) is 0.665. The minimum atomic E-state index is 0.635. The SMILES string of the molecule is CCCC1CC1NC(=NC)N1CCN(c2ccccc2OC)CC1. The number of guanidine groups is 1. The third kappa shape index (κ3) is 3.77. The van der Waals surface area contributed by atoms with Crippen LogP contribution in [0.15, 0.2) is 29.3 Å². The molecule has 3 rings (SSSR count). The minimum Gasteiger partial charge on any atom is -0.495 e. The van der Waals surface area contributed by atoms with Crippen molar-refractivity contribution in [3.05, 3.63) is 24.3 Å². The van der Waals surface area contributed by atoms with Crippen LogP contribution in [0.3, 0.4) is 0 Å². The molecule has 2 fully saturated rings. The summed E-state index contributed by atoms with van der Waals surface area (Å²) in [5.41, 5.74) is 1.19. The molecule has 0 bridgehead atoms. The summed E-state index contributed by atoms with van der Waals surface area (Å²) in [6.45, 7) is 6.22. The molecule has 5 heteroatoms. The van der Waals surface area contributed by atoms with Crippen molar-refractivity contribution in [3.63, 3.8) is 0 Å². The smallest absolute Gasteiger partial charge is 0.193 e. The molecular formula is C19H30N4O. The number of rotatable bonds is 5. The molecule has 1 aliphatic carbocycles. The van der Waals surface area contributed by atoms with Gasteiger partial charge in [0.1, 0.15) is 5.75 Å². The average molecular weight is 330 g/mol. The number of ether oxygens (including phenoxy) is 1. The second-order valence-corrected chi connectivity index (χ2v) is 6.73. The molecule has 2 aliphatic rings. The van der Waals surface area contributed by atoms with Crippen LogP contribution in [0.1, 0.15) is 26.2 Å². The normalized spacial score (nSPS) is 24.0. The van der Waals surface area contributed by atoms with Crippen LogP contribution in [0.2, 0.25) is 0 Å². The maximum Gasteiger partial charge on any atom is 0.193 e. The van der Waals surface area contributed by atoms with Crippen LogP contribution >= 0.6 is 0 Å². The molecule has 2 atom stereocenters. The Labute approximate surface area is 145 Å². The number of nitrogens with one attached hydrogen (secondary N) is 1. The highest BCUT2D eigenvalue weighted by molar-refractivity contribution is 5.81. The summed E-state index contributed by atoms with van der Waals surface area (Å²) in [5.74, 6) is 2.87. The summed E-state index contributed by atoms with van der Waals surface area (Å²) < 4.78 is 5.50. The summed E-state index contributed by atoms with van der Waals surface area (Å²) in [7, 11) is 3.63. The molecule has 24 heavy (non-hydrogen) atoms. The zero-order valence-electron chi connectivity index (χ0n) is 15.2. The molecule has 1 aliphatic heterocycles. The first-order chi connectivity index (χ1) is 11.8. The van der Waals surface area contributed by atoms with E-state index in [1.54, 1.807) is 7.11 Å². The van der Waals surface area contributed by atoms with E-state index in [2.05, 4.69) is 39.2 Å². The van der Waals surface area contributed by atoms with Gasteiger partial charge in [-0.2, -0.15) is 0 Å². The molecule has 1 heterocycles. The van der Waals surface area contributed by atoms with E-state index in [0.29, 0.717) is 6.04 Å². The van der Waals surface area contributed by atoms with E-state index in [1.165, 1.54) is 24.9 Å². The fraction of sp³-hybridized carbons (Fsp3) is 0.632. The molecule has 1 aromatic carbocycles. The van der Waals surface area contributed by atoms with Gasteiger partial charge < -0.3 is 19.9 Å². The van der Waals surface area contributed by atoms with Gasteiger partial charge in [-0.05, 0) is 30.9 Å². The van der Waals surface area contributed by atoms with Crippen molar-refractivity contribution in [2.45, 2.75) is 32.2 Å². The van der Waals surface area contributed by atoms with Gasteiger partial charge in [-0.25, -0.2) is 0 Å². The Morgan fingerprint density at radius 3 is 2.67 bits per heavy atom. The van der Waals surface area contributed by atoms with Gasteiger partial charge in [0.2, 0.25) is 0 Å². The summed E-state index contributed by atoms with van der Waals surface area (Å²) in [5, 5.41) is 3.66. The predicted molar refractivity (Wildman–Crippen MR) is 100 cm³/mol. The van der Waals surface area contributed by atoms with Gasteiger partial charge in [-0.1, -0.05) is 25.5 Å². The Balaban J connectivity index is 1.54. The number of anilines is 1. The number of aliphatic imine (C=N–C) groups is 1. The van der Waals surface area contributed by atoms with E-state index in [1.807, 2.05) is 19.2 Å². The largest absolute Gasteiger partial charge is 0.495 e. The van der Waals surface area contributed by atoms with Crippen LogP contribution < -0.4 is 15.0 Å². The molecule has 1 saturated heterocycles. The van der Waals surface area contributed by atoms with Crippen LogP contribution in [-0.2, 0) is 0 Å². The first-order valence-electron chi connectivity index (χ1n) is 9.13. The van der Waals surface area contributed by atoms with Crippen molar-refractivity contribution >= 4 is 11.6 Å². The van der Waals surface area contributed by atoms with Gasteiger partial charge >= 0.3 is 0 Å². The molecule has 0 amide bonds. The fourth-order valence-electron chi connectivity index (χ4n) is 3.63. The molecule has 5 nitrogen and oxygen atoms in total. The third-order valence-electron chi connectivity index (χ3n) is 5.11. The van der Waals surface area contributed by atoms with Crippen molar-refractivity contribution in [1.82, 2.24) is 10.2 Å². The Kier molecular flexibility index (Phi) is 5.48. The van der Waals surface area contributed by atoms with Crippen molar-refractivity contribution in [2.75, 3.05) is 45.2 Å². The highest BCUT2D eigenvalue weighted by Crippen LogP contribution is 2.34. The second-order valence-electron chi connectivity index (χ2n) is 6.73. The van der Waals surface area contributed by atoms with Gasteiger partial charge in [-0.15, -0.1) is 0 Å². The van der Waals surface area contributed by atoms with Crippen LogP contribution in [0.25, 0.3) is 0 Å². The zero-order valence-corrected chi connectivity index (χ0v) is 15.2. The van der Waals surface area contributed by atoms with Crippen LogP contribution in [0.4, 0.5) is 5.69 Å². The third-order valence-corrected chi connectivity index (χ3v) is 5.11. The van der Waals surface area contributed by atoms with Gasteiger partial charge in [0.05, 0.1) is 12.8 Å². The Hall–Kier alpha value is -1.91. The Bertz CT molecular complexity index is 566. The number of nitrogens with zero attached hydrogens (tertiary/aromatic N) is 3. The molecule has 1 N–H and O–H groups in total. The molecule has 2 unspecified atom stereocenters. The summed E-state index contributed by atoms with van der Waals surface area (Å²) >= 11 is 0. The van der Waals surface area contributed by atoms with Gasteiger partial charge in [0.25, 0.3) is 0 Å². The lowest BCUT2D eigenvalue weighted by molar-refractivity contribution is 0.366. The number of hydrogen-bond acceptors (Lipinski definition) is 3. The minimum absolute atomic E-state index is 0.635. The summed E-state index contributed by atoms with van der Waals surface area (Å²) in [6.07, 6.45) is 3.91. The standard InChI is InChI=1S/C19H30N4O/c1-4-7-15-14-16(15)21-19(20-2)23-12-10-22(11-13-23)17-8-5-6-9-18(17)24-3/h5-6,8-9,15-16H,4,7,10-14H2,1-3H3,(H,20,21). The molecule has 0 radical (unpaired) electrons. The highest BCUT2D eigenvalue weighted by atomic mass is 16.5. The van der Waals surface area contributed by atoms with Crippen LogP contribution in [0, 0.1) is 5.92 Å². The number of para-hydroxylation sites is 2. The summed E-state index contributed by atoms with van der Waals surface area (Å²) in [6, 6.07) is 8.90. The molecule has 1 aromatic rings. The van der Waals surface area contributed by atoms with E-state index in [9.17, 15) is 0 Å². The topological polar surface area (TPSA) is 40.1 Å². The van der Waals surface area contributed by atoms with Crippen LogP contribution in [-0.4, -0.2) is 57.2 Å².